The third-order valence-electron chi connectivity index (χ3n) is 2.38. The average Bonchev–Trinajstić information content (AvgIpc) is 2.25. The van der Waals surface area contributed by atoms with Crippen molar-refractivity contribution in [2.24, 2.45) is 0 Å². The Balaban J connectivity index is 2.46. The molecule has 0 radical (unpaired) electrons. The van der Waals surface area contributed by atoms with Gasteiger partial charge in [0.1, 0.15) is 4.90 Å². The Morgan fingerprint density at radius 1 is 1.15 bits per heavy atom. The monoisotopic (exact) mass is 442 g/mol. The zero-order valence-electron chi connectivity index (χ0n) is 9.90. The van der Waals surface area contributed by atoms with Crippen molar-refractivity contribution in [3.05, 3.63) is 50.0 Å². The maximum Gasteiger partial charge on any atom is 0.265 e. The van der Waals surface area contributed by atoms with Gasteiger partial charge in [0, 0.05) is 14.3 Å². The summed E-state index contributed by atoms with van der Waals surface area (Å²) in [5.74, 6) is 0. The molecule has 0 saturated carbocycles. The molecular formula is C12H9Cl2IN2O2S. The van der Waals surface area contributed by atoms with E-state index >= 15 is 0 Å². The number of nitrogens with two attached hydrogens (primary N) is 1. The highest BCUT2D eigenvalue weighted by atomic mass is 127. The smallest absolute Gasteiger partial charge is 0.265 e. The zero-order chi connectivity index (χ0) is 14.9. The Kier molecular flexibility index (Phi) is 4.68. The van der Waals surface area contributed by atoms with Gasteiger partial charge in [0.05, 0.1) is 10.7 Å². The van der Waals surface area contributed by atoms with Crippen LogP contribution in [0.25, 0.3) is 0 Å². The Labute approximate surface area is 140 Å². The van der Waals surface area contributed by atoms with Gasteiger partial charge in [-0.15, -0.1) is 0 Å². The number of nitrogen functional groups attached to an aromatic ring is 1. The summed E-state index contributed by atoms with van der Waals surface area (Å²) in [7, 11) is -3.88. The topological polar surface area (TPSA) is 72.2 Å². The number of benzene rings is 2. The molecule has 0 aromatic heterocycles. The second kappa shape index (κ2) is 5.97. The lowest BCUT2D eigenvalue weighted by molar-refractivity contribution is 0.601. The summed E-state index contributed by atoms with van der Waals surface area (Å²) in [6.07, 6.45) is 0. The molecule has 0 fully saturated rings. The molecule has 0 spiro atoms. The molecule has 4 nitrogen and oxygen atoms in total. The summed E-state index contributed by atoms with van der Waals surface area (Å²) in [5.41, 5.74) is 6.14. The Bertz CT molecular complexity index is 743. The lowest BCUT2D eigenvalue weighted by Gasteiger charge is -2.12. The van der Waals surface area contributed by atoms with Gasteiger partial charge in [-0.05, 0) is 52.9 Å². The van der Waals surface area contributed by atoms with Crippen LogP contribution in [0.15, 0.2) is 41.3 Å². The van der Waals surface area contributed by atoms with Crippen molar-refractivity contribution in [1.82, 2.24) is 0 Å². The fourth-order valence-electron chi connectivity index (χ4n) is 1.62. The second-order valence-electron chi connectivity index (χ2n) is 3.92. The van der Waals surface area contributed by atoms with E-state index in [-0.39, 0.29) is 20.6 Å². The number of halogens is 3. The first-order valence-corrected chi connectivity index (χ1v) is 8.64. The Hall–Kier alpha value is -0.700. The highest BCUT2D eigenvalue weighted by Gasteiger charge is 2.22. The highest BCUT2D eigenvalue weighted by molar-refractivity contribution is 14.1. The van der Waals surface area contributed by atoms with Crippen LogP contribution in [0.3, 0.4) is 0 Å². The van der Waals surface area contributed by atoms with Gasteiger partial charge in [0.15, 0.2) is 0 Å². The molecule has 2 rings (SSSR count). The van der Waals surface area contributed by atoms with Crippen LogP contribution in [-0.4, -0.2) is 8.42 Å². The predicted molar refractivity (Wildman–Crippen MR) is 90.8 cm³/mol. The third-order valence-corrected chi connectivity index (χ3v) is 5.18. The van der Waals surface area contributed by atoms with Crippen LogP contribution in [0.4, 0.5) is 11.4 Å². The van der Waals surface area contributed by atoms with Crippen molar-refractivity contribution >= 4 is 67.2 Å². The van der Waals surface area contributed by atoms with E-state index in [4.69, 9.17) is 28.9 Å². The van der Waals surface area contributed by atoms with E-state index in [0.29, 0.717) is 5.69 Å². The zero-order valence-corrected chi connectivity index (χ0v) is 14.4. The van der Waals surface area contributed by atoms with Crippen LogP contribution >= 0.6 is 45.8 Å². The van der Waals surface area contributed by atoms with Crippen LogP contribution in [0.2, 0.25) is 10.0 Å². The van der Waals surface area contributed by atoms with Crippen molar-refractivity contribution in [3.8, 4) is 0 Å². The molecule has 0 bridgehead atoms. The van der Waals surface area contributed by atoms with Crippen molar-refractivity contribution in [2.45, 2.75) is 4.90 Å². The predicted octanol–water partition coefficient (Wildman–Crippen LogP) is 3.98. The number of anilines is 2. The van der Waals surface area contributed by atoms with Crippen LogP contribution in [0.1, 0.15) is 0 Å². The first-order chi connectivity index (χ1) is 9.29. The number of rotatable bonds is 3. The summed E-state index contributed by atoms with van der Waals surface area (Å²) >= 11 is 13.8. The van der Waals surface area contributed by atoms with E-state index in [1.54, 1.807) is 18.2 Å². The standard InChI is InChI=1S/C12H9Cl2IN2O2S/c13-7-4-10(14)12(11(16)5-7)20(18,19)17-9-3-1-2-8(15)6-9/h1-6,17H,16H2. The molecule has 3 N–H and O–H groups in total. The highest BCUT2D eigenvalue weighted by Crippen LogP contribution is 2.32. The van der Waals surface area contributed by atoms with Gasteiger partial charge >= 0.3 is 0 Å². The molecule has 0 atom stereocenters. The van der Waals surface area contributed by atoms with Crippen LogP contribution < -0.4 is 10.5 Å². The van der Waals surface area contributed by atoms with Gasteiger partial charge in [0.25, 0.3) is 10.0 Å². The average molecular weight is 443 g/mol. The molecule has 2 aromatic rings. The van der Waals surface area contributed by atoms with Crippen LogP contribution in [0, 0.1) is 3.57 Å². The van der Waals surface area contributed by atoms with E-state index in [0.717, 1.165) is 3.57 Å². The van der Waals surface area contributed by atoms with E-state index in [2.05, 4.69) is 27.3 Å². The number of hydrogen-bond acceptors (Lipinski definition) is 3. The molecule has 0 aliphatic heterocycles. The molecule has 0 saturated heterocycles. The third kappa shape index (κ3) is 3.49. The quantitative estimate of drug-likeness (QED) is 0.557. The fourth-order valence-corrected chi connectivity index (χ4v) is 4.20. The Morgan fingerprint density at radius 2 is 1.85 bits per heavy atom. The van der Waals surface area contributed by atoms with Gasteiger partial charge in [-0.1, -0.05) is 29.3 Å². The maximum atomic E-state index is 12.3. The molecule has 106 valence electrons. The van der Waals surface area contributed by atoms with Gasteiger partial charge < -0.3 is 5.73 Å². The van der Waals surface area contributed by atoms with Crippen molar-refractivity contribution < 1.29 is 8.42 Å². The number of nitrogens with one attached hydrogen (secondary N) is 1. The second-order valence-corrected chi connectivity index (χ2v) is 7.63. The summed E-state index contributed by atoms with van der Waals surface area (Å²) < 4.78 is 28.0. The first kappa shape index (κ1) is 15.7. The van der Waals surface area contributed by atoms with Crippen molar-refractivity contribution in [3.63, 3.8) is 0 Å². The van der Waals surface area contributed by atoms with Gasteiger partial charge in [-0.3, -0.25) is 4.72 Å². The molecule has 20 heavy (non-hydrogen) atoms. The van der Waals surface area contributed by atoms with Gasteiger partial charge in [-0.25, -0.2) is 8.42 Å². The number of sulfonamides is 1. The van der Waals surface area contributed by atoms with Crippen LogP contribution in [-0.2, 0) is 10.0 Å². The molecule has 0 amide bonds. The minimum absolute atomic E-state index is 0.000582. The molecule has 2 aromatic carbocycles. The summed E-state index contributed by atoms with van der Waals surface area (Å²) in [5, 5.41) is 0.258. The van der Waals surface area contributed by atoms with E-state index in [1.807, 2.05) is 6.07 Å². The van der Waals surface area contributed by atoms with Crippen molar-refractivity contribution in [2.75, 3.05) is 10.5 Å². The maximum absolute atomic E-state index is 12.3. The number of hydrogen-bond donors (Lipinski definition) is 2. The summed E-state index contributed by atoms with van der Waals surface area (Å²) in [6, 6.07) is 9.60. The molecule has 0 aliphatic carbocycles. The van der Waals surface area contributed by atoms with Crippen LogP contribution in [0.5, 0.6) is 0 Å². The minimum Gasteiger partial charge on any atom is -0.398 e. The lowest BCUT2D eigenvalue weighted by atomic mass is 10.3. The fraction of sp³-hybridized carbons (Fsp3) is 0. The van der Waals surface area contributed by atoms with Gasteiger partial charge in [0.2, 0.25) is 0 Å². The minimum atomic E-state index is -3.88. The molecule has 0 unspecified atom stereocenters. The first-order valence-electron chi connectivity index (χ1n) is 5.32. The molecule has 8 heteroatoms. The summed E-state index contributed by atoms with van der Waals surface area (Å²) in [6.45, 7) is 0. The normalized spacial score (nSPS) is 11.3. The van der Waals surface area contributed by atoms with E-state index in [9.17, 15) is 8.42 Å². The Morgan fingerprint density at radius 3 is 2.45 bits per heavy atom. The molecule has 0 aliphatic rings. The van der Waals surface area contributed by atoms with E-state index < -0.39 is 10.0 Å². The SMILES string of the molecule is Nc1cc(Cl)cc(Cl)c1S(=O)(=O)Nc1cccc(I)c1. The molecule has 0 heterocycles. The van der Waals surface area contributed by atoms with Crippen molar-refractivity contribution in [1.29, 1.82) is 0 Å². The van der Waals surface area contributed by atoms with Gasteiger partial charge in [-0.2, -0.15) is 0 Å². The lowest BCUT2D eigenvalue weighted by Crippen LogP contribution is -2.15. The van der Waals surface area contributed by atoms with E-state index in [1.165, 1.54) is 12.1 Å². The summed E-state index contributed by atoms with van der Waals surface area (Å²) in [4.78, 5) is -0.178. The largest absolute Gasteiger partial charge is 0.398 e. The molecular weight excluding hydrogens is 434 g/mol.